The summed E-state index contributed by atoms with van der Waals surface area (Å²) in [5.41, 5.74) is 0.208. The third kappa shape index (κ3) is 6.14. The van der Waals surface area contributed by atoms with Gasteiger partial charge in [0.25, 0.3) is 5.92 Å². The molecule has 1 saturated carbocycles. The molecular formula is C22H22ClF2N5O2S. The Kier molecular flexibility index (Phi) is 6.24. The standard InChI is InChI=1S/C22H22ClF2N5O2S/c1-22(24,25)18-5-3-4-17(28-18)21-29-19(26-12-13-6-7-13)11-20(30-21)27-15-8-14(23)9-16(10-15)33(2,31)32/h3-5,8-11,13H,6-7,12H2,1-2H3,(H2,26,27,29,30). The van der Waals surface area contributed by atoms with Crippen molar-refractivity contribution in [1.29, 1.82) is 0 Å². The van der Waals surface area contributed by atoms with Crippen LogP contribution in [-0.4, -0.2) is 36.2 Å². The van der Waals surface area contributed by atoms with Crippen LogP contribution in [0.3, 0.4) is 0 Å². The summed E-state index contributed by atoms with van der Waals surface area (Å²) in [5, 5.41) is 6.52. The van der Waals surface area contributed by atoms with Gasteiger partial charge >= 0.3 is 0 Å². The van der Waals surface area contributed by atoms with Crippen molar-refractivity contribution in [2.75, 3.05) is 23.4 Å². The van der Waals surface area contributed by atoms with Crippen molar-refractivity contribution in [2.45, 2.75) is 30.6 Å². The van der Waals surface area contributed by atoms with E-state index >= 15 is 0 Å². The summed E-state index contributed by atoms with van der Waals surface area (Å²) in [6.07, 6.45) is 3.37. The summed E-state index contributed by atoms with van der Waals surface area (Å²) < 4.78 is 51.5. The van der Waals surface area contributed by atoms with E-state index in [2.05, 4.69) is 25.6 Å². The van der Waals surface area contributed by atoms with E-state index in [4.69, 9.17) is 11.6 Å². The molecule has 11 heteroatoms. The fourth-order valence-electron chi connectivity index (χ4n) is 3.09. The SMILES string of the molecule is CC(F)(F)c1cccc(-c2nc(NCC3CC3)cc(Nc3cc(Cl)cc(S(C)(=O)=O)c3)n2)n1. The van der Waals surface area contributed by atoms with Gasteiger partial charge in [-0.3, -0.25) is 0 Å². The number of anilines is 3. The van der Waals surface area contributed by atoms with Gasteiger partial charge in [-0.25, -0.2) is 23.4 Å². The molecule has 1 aliphatic rings. The highest BCUT2D eigenvalue weighted by atomic mass is 35.5. The van der Waals surface area contributed by atoms with Crippen LogP contribution in [-0.2, 0) is 15.8 Å². The minimum absolute atomic E-state index is 0.0541. The predicted molar refractivity (Wildman–Crippen MR) is 124 cm³/mol. The maximum Gasteiger partial charge on any atom is 0.286 e. The van der Waals surface area contributed by atoms with Gasteiger partial charge in [-0.05, 0) is 49.1 Å². The molecule has 2 aromatic heterocycles. The largest absolute Gasteiger partial charge is 0.370 e. The Morgan fingerprint density at radius 3 is 2.48 bits per heavy atom. The number of pyridine rings is 1. The van der Waals surface area contributed by atoms with Gasteiger partial charge in [0.05, 0.1) is 4.90 Å². The highest BCUT2D eigenvalue weighted by molar-refractivity contribution is 7.90. The summed E-state index contributed by atoms with van der Waals surface area (Å²) in [5.74, 6) is -1.56. The van der Waals surface area contributed by atoms with Crippen LogP contribution < -0.4 is 10.6 Å². The first-order valence-electron chi connectivity index (χ1n) is 10.2. The number of rotatable bonds is 8. The van der Waals surface area contributed by atoms with E-state index in [9.17, 15) is 17.2 Å². The molecular weight excluding hydrogens is 472 g/mol. The zero-order valence-electron chi connectivity index (χ0n) is 17.9. The molecule has 0 amide bonds. The molecule has 2 N–H and O–H groups in total. The van der Waals surface area contributed by atoms with E-state index in [0.29, 0.717) is 23.2 Å². The van der Waals surface area contributed by atoms with Crippen molar-refractivity contribution in [3.8, 4) is 11.5 Å². The average Bonchev–Trinajstić information content (AvgIpc) is 3.55. The Morgan fingerprint density at radius 1 is 1.09 bits per heavy atom. The molecule has 4 rings (SSSR count). The van der Waals surface area contributed by atoms with Crippen LogP contribution in [0.1, 0.15) is 25.5 Å². The zero-order valence-corrected chi connectivity index (χ0v) is 19.5. The van der Waals surface area contributed by atoms with E-state index in [-0.39, 0.29) is 27.1 Å². The van der Waals surface area contributed by atoms with E-state index in [1.807, 2.05) is 0 Å². The minimum Gasteiger partial charge on any atom is -0.370 e. The Morgan fingerprint density at radius 2 is 1.82 bits per heavy atom. The average molecular weight is 494 g/mol. The Labute approximate surface area is 195 Å². The van der Waals surface area contributed by atoms with Crippen LogP contribution in [0.5, 0.6) is 0 Å². The van der Waals surface area contributed by atoms with Crippen LogP contribution in [0.15, 0.2) is 47.4 Å². The quantitative estimate of drug-likeness (QED) is 0.441. The molecule has 0 spiro atoms. The highest BCUT2D eigenvalue weighted by Crippen LogP contribution is 2.31. The van der Waals surface area contributed by atoms with Crippen LogP contribution in [0.4, 0.5) is 26.1 Å². The van der Waals surface area contributed by atoms with Gasteiger partial charge < -0.3 is 10.6 Å². The molecule has 0 saturated heterocycles. The first-order chi connectivity index (χ1) is 15.5. The number of hydrogen-bond acceptors (Lipinski definition) is 7. The van der Waals surface area contributed by atoms with Gasteiger partial charge in [-0.2, -0.15) is 8.78 Å². The number of sulfone groups is 1. The van der Waals surface area contributed by atoms with Gasteiger partial charge in [0, 0.05) is 36.5 Å². The Bertz CT molecular complexity index is 1290. The summed E-state index contributed by atoms with van der Waals surface area (Å²) in [6, 6.07) is 10.3. The molecule has 33 heavy (non-hydrogen) atoms. The molecule has 1 fully saturated rings. The summed E-state index contributed by atoms with van der Waals surface area (Å²) >= 11 is 6.10. The third-order valence-corrected chi connectivity index (χ3v) is 6.30. The van der Waals surface area contributed by atoms with Gasteiger partial charge in [-0.15, -0.1) is 0 Å². The summed E-state index contributed by atoms with van der Waals surface area (Å²) in [4.78, 5) is 13.0. The number of halogens is 3. The molecule has 3 aromatic rings. The zero-order chi connectivity index (χ0) is 23.8. The third-order valence-electron chi connectivity index (χ3n) is 4.99. The topological polar surface area (TPSA) is 96.9 Å². The molecule has 174 valence electrons. The van der Waals surface area contributed by atoms with Gasteiger partial charge in [0.1, 0.15) is 23.0 Å². The highest BCUT2D eigenvalue weighted by Gasteiger charge is 2.27. The molecule has 1 aromatic carbocycles. The molecule has 0 bridgehead atoms. The molecule has 7 nitrogen and oxygen atoms in total. The number of nitrogens with one attached hydrogen (secondary N) is 2. The van der Waals surface area contributed by atoms with E-state index in [1.54, 1.807) is 18.2 Å². The van der Waals surface area contributed by atoms with Crippen LogP contribution in [0.25, 0.3) is 11.5 Å². The van der Waals surface area contributed by atoms with Crippen LogP contribution in [0, 0.1) is 5.92 Å². The van der Waals surface area contributed by atoms with Crippen molar-refractivity contribution >= 4 is 38.8 Å². The smallest absolute Gasteiger partial charge is 0.286 e. The Balaban J connectivity index is 1.72. The maximum absolute atomic E-state index is 13.8. The van der Waals surface area contributed by atoms with Crippen LogP contribution >= 0.6 is 11.6 Å². The number of hydrogen-bond donors (Lipinski definition) is 2. The lowest BCUT2D eigenvalue weighted by atomic mass is 10.2. The second-order valence-corrected chi connectivity index (χ2v) is 10.6. The number of benzene rings is 1. The first-order valence-corrected chi connectivity index (χ1v) is 12.5. The Hall–Kier alpha value is -2.85. The molecule has 2 heterocycles. The molecule has 1 aliphatic carbocycles. The maximum atomic E-state index is 13.8. The predicted octanol–water partition coefficient (Wildman–Crippen LogP) is 5.27. The lowest BCUT2D eigenvalue weighted by molar-refractivity contribution is 0.0129. The molecule has 0 radical (unpaired) electrons. The number of nitrogens with zero attached hydrogens (tertiary/aromatic N) is 3. The summed E-state index contributed by atoms with van der Waals surface area (Å²) in [6.45, 7) is 1.50. The first kappa shape index (κ1) is 23.3. The van der Waals surface area contributed by atoms with Gasteiger partial charge in [0.15, 0.2) is 15.7 Å². The van der Waals surface area contributed by atoms with E-state index in [0.717, 1.165) is 32.6 Å². The molecule has 0 aliphatic heterocycles. The fraction of sp³-hybridized carbons (Fsp3) is 0.318. The van der Waals surface area contributed by atoms with Gasteiger partial charge in [0.2, 0.25) is 0 Å². The lowest BCUT2D eigenvalue weighted by Gasteiger charge is -2.14. The lowest BCUT2D eigenvalue weighted by Crippen LogP contribution is -2.11. The summed E-state index contributed by atoms with van der Waals surface area (Å²) in [7, 11) is -3.48. The van der Waals surface area contributed by atoms with Crippen molar-refractivity contribution in [1.82, 2.24) is 15.0 Å². The van der Waals surface area contributed by atoms with Crippen molar-refractivity contribution in [3.05, 3.63) is 53.2 Å². The van der Waals surface area contributed by atoms with Gasteiger partial charge in [-0.1, -0.05) is 17.7 Å². The second kappa shape index (κ2) is 8.83. The number of aromatic nitrogens is 3. The number of alkyl halides is 2. The van der Waals surface area contributed by atoms with E-state index < -0.39 is 15.8 Å². The molecule has 0 unspecified atom stereocenters. The fourth-order valence-corrected chi connectivity index (χ4v) is 4.07. The van der Waals surface area contributed by atoms with Crippen molar-refractivity contribution in [3.63, 3.8) is 0 Å². The molecule has 0 atom stereocenters. The second-order valence-electron chi connectivity index (χ2n) is 8.16. The van der Waals surface area contributed by atoms with Crippen molar-refractivity contribution < 1.29 is 17.2 Å². The monoisotopic (exact) mass is 493 g/mol. The minimum atomic E-state index is -3.48. The normalized spacial score (nSPS) is 14.2. The van der Waals surface area contributed by atoms with E-state index in [1.165, 1.54) is 24.3 Å². The van der Waals surface area contributed by atoms with Crippen LogP contribution in [0.2, 0.25) is 5.02 Å². The van der Waals surface area contributed by atoms with Crippen molar-refractivity contribution in [2.24, 2.45) is 5.92 Å².